The molecule has 0 fully saturated rings. The van der Waals surface area contributed by atoms with E-state index >= 15 is 0 Å². The van der Waals surface area contributed by atoms with Gasteiger partial charge in [-0.1, -0.05) is 44.2 Å². The molecule has 0 unspecified atom stereocenters. The number of hydrogen-bond acceptors (Lipinski definition) is 3. The fraction of sp³-hybridized carbons (Fsp3) is 0.286. The summed E-state index contributed by atoms with van der Waals surface area (Å²) < 4.78 is 10.7. The van der Waals surface area contributed by atoms with E-state index < -0.39 is 6.16 Å². The first-order valence-corrected chi connectivity index (χ1v) is 8.49. The molecule has 0 saturated carbocycles. The number of benzene rings is 3. The smallest absolute Gasteiger partial charge is 0.434 e. The molecule has 124 valence electrons. The van der Waals surface area contributed by atoms with Crippen LogP contribution in [0, 0.1) is 0 Å². The molecule has 0 aromatic heterocycles. The van der Waals surface area contributed by atoms with Gasteiger partial charge >= 0.3 is 6.16 Å². The maximum Gasteiger partial charge on any atom is 0.513 e. The van der Waals surface area contributed by atoms with Crippen molar-refractivity contribution in [2.45, 2.75) is 33.6 Å². The Balaban J connectivity index is 2.34. The molecule has 0 atom stereocenters. The third-order valence-corrected chi connectivity index (χ3v) is 4.32. The molecule has 0 aliphatic rings. The summed E-state index contributed by atoms with van der Waals surface area (Å²) in [5.74, 6) is 0.605. The Morgan fingerprint density at radius 3 is 2.50 bits per heavy atom. The average molecular weight is 322 g/mol. The van der Waals surface area contributed by atoms with E-state index in [4.69, 9.17) is 9.47 Å². The average Bonchev–Trinajstić information content (AvgIpc) is 2.60. The van der Waals surface area contributed by atoms with Crippen molar-refractivity contribution in [1.29, 1.82) is 0 Å². The monoisotopic (exact) mass is 322 g/mol. The van der Waals surface area contributed by atoms with Gasteiger partial charge < -0.3 is 9.47 Å². The number of ether oxygens (including phenoxy) is 2. The lowest BCUT2D eigenvalue weighted by Crippen LogP contribution is -2.11. The van der Waals surface area contributed by atoms with Gasteiger partial charge in [0, 0.05) is 10.8 Å². The lowest BCUT2D eigenvalue weighted by molar-refractivity contribution is 0.105. The van der Waals surface area contributed by atoms with Gasteiger partial charge in [-0.25, -0.2) is 4.79 Å². The first-order valence-electron chi connectivity index (χ1n) is 8.49. The van der Waals surface area contributed by atoms with Crippen LogP contribution in [0.5, 0.6) is 5.75 Å². The van der Waals surface area contributed by atoms with E-state index in [1.807, 2.05) is 6.07 Å². The molecule has 3 aromatic carbocycles. The minimum Gasteiger partial charge on any atom is -0.434 e. The van der Waals surface area contributed by atoms with Gasteiger partial charge in [0.05, 0.1) is 6.61 Å². The van der Waals surface area contributed by atoms with E-state index in [1.54, 1.807) is 6.92 Å². The summed E-state index contributed by atoms with van der Waals surface area (Å²) in [5, 5.41) is 4.09. The maximum absolute atomic E-state index is 12.0. The third-order valence-electron chi connectivity index (χ3n) is 4.32. The van der Waals surface area contributed by atoms with E-state index in [2.05, 4.69) is 50.2 Å². The van der Waals surface area contributed by atoms with E-state index in [-0.39, 0.29) is 0 Å². The second kappa shape index (κ2) is 6.91. The standard InChI is InChI=1S/C21H22O3/c1-4-14-10-11-16-13-17-9-7-8-15(5-2)19(17)20(18(16)12-14)24-21(22)23-6-3/h7-13H,4-6H2,1-3H3. The molecule has 24 heavy (non-hydrogen) atoms. The van der Waals surface area contributed by atoms with Crippen LogP contribution in [0.3, 0.4) is 0 Å². The molecule has 3 heteroatoms. The van der Waals surface area contributed by atoms with Crippen molar-refractivity contribution in [2.24, 2.45) is 0 Å². The molecule has 0 amide bonds. The summed E-state index contributed by atoms with van der Waals surface area (Å²) in [5.41, 5.74) is 2.38. The van der Waals surface area contributed by atoms with Gasteiger partial charge in [0.15, 0.2) is 0 Å². The minimum absolute atomic E-state index is 0.294. The molecule has 0 bridgehead atoms. The number of aryl methyl sites for hydroxylation is 2. The van der Waals surface area contributed by atoms with Crippen molar-refractivity contribution in [3.05, 3.63) is 53.6 Å². The molecule has 0 aliphatic carbocycles. The van der Waals surface area contributed by atoms with Crippen LogP contribution >= 0.6 is 0 Å². The van der Waals surface area contributed by atoms with Crippen LogP contribution < -0.4 is 4.74 Å². The number of hydrogen-bond donors (Lipinski definition) is 0. The number of rotatable bonds is 4. The van der Waals surface area contributed by atoms with Crippen LogP contribution in [-0.2, 0) is 17.6 Å². The molecule has 0 radical (unpaired) electrons. The van der Waals surface area contributed by atoms with Crippen LogP contribution in [-0.4, -0.2) is 12.8 Å². The topological polar surface area (TPSA) is 35.5 Å². The second-order valence-corrected chi connectivity index (χ2v) is 5.77. The van der Waals surface area contributed by atoms with Gasteiger partial charge in [0.2, 0.25) is 0 Å². The largest absolute Gasteiger partial charge is 0.513 e. The number of carbonyl (C=O) groups excluding carboxylic acids is 1. The lowest BCUT2D eigenvalue weighted by Gasteiger charge is -2.15. The Morgan fingerprint density at radius 2 is 1.79 bits per heavy atom. The number of fused-ring (bicyclic) bond motifs is 2. The normalized spacial score (nSPS) is 11.0. The van der Waals surface area contributed by atoms with Gasteiger partial charge in [-0.2, -0.15) is 0 Å². The van der Waals surface area contributed by atoms with E-state index in [1.165, 1.54) is 5.56 Å². The Kier molecular flexibility index (Phi) is 4.70. The lowest BCUT2D eigenvalue weighted by atomic mass is 9.96. The van der Waals surface area contributed by atoms with E-state index in [0.717, 1.165) is 39.9 Å². The van der Waals surface area contributed by atoms with Crippen molar-refractivity contribution in [3.8, 4) is 5.75 Å². The highest BCUT2D eigenvalue weighted by Crippen LogP contribution is 2.38. The summed E-state index contributed by atoms with van der Waals surface area (Å²) in [6.07, 6.45) is 1.15. The Morgan fingerprint density at radius 1 is 0.958 bits per heavy atom. The summed E-state index contributed by atoms with van der Waals surface area (Å²) in [6.45, 7) is 6.29. The number of carbonyl (C=O) groups is 1. The molecular formula is C21H22O3. The molecule has 0 heterocycles. The highest BCUT2D eigenvalue weighted by molar-refractivity contribution is 6.07. The fourth-order valence-electron chi connectivity index (χ4n) is 3.10. The van der Waals surface area contributed by atoms with Gasteiger partial charge in [-0.05, 0) is 53.8 Å². The molecule has 3 rings (SSSR count). The zero-order valence-electron chi connectivity index (χ0n) is 14.4. The molecule has 3 nitrogen and oxygen atoms in total. The molecule has 0 N–H and O–H groups in total. The van der Waals surface area contributed by atoms with Crippen LogP contribution in [0.1, 0.15) is 31.9 Å². The molecule has 0 spiro atoms. The fourth-order valence-corrected chi connectivity index (χ4v) is 3.10. The van der Waals surface area contributed by atoms with Gasteiger partial charge in [0.25, 0.3) is 0 Å². The van der Waals surface area contributed by atoms with Crippen molar-refractivity contribution < 1.29 is 14.3 Å². The highest BCUT2D eigenvalue weighted by atomic mass is 16.7. The highest BCUT2D eigenvalue weighted by Gasteiger charge is 2.16. The summed E-state index contributed by atoms with van der Waals surface area (Å²) in [6, 6.07) is 14.6. The molecule has 3 aromatic rings. The molecular weight excluding hydrogens is 300 g/mol. The Labute approximate surface area is 142 Å². The first kappa shape index (κ1) is 16.3. The molecule has 0 saturated heterocycles. The maximum atomic E-state index is 12.0. The summed E-state index contributed by atoms with van der Waals surface area (Å²) in [4.78, 5) is 12.0. The predicted octanol–water partition coefficient (Wildman–Crippen LogP) is 5.65. The van der Waals surface area contributed by atoms with Crippen molar-refractivity contribution in [3.63, 3.8) is 0 Å². The Hall–Kier alpha value is -2.55. The van der Waals surface area contributed by atoms with Crippen molar-refractivity contribution in [2.75, 3.05) is 6.61 Å². The van der Waals surface area contributed by atoms with Crippen molar-refractivity contribution in [1.82, 2.24) is 0 Å². The van der Waals surface area contributed by atoms with Crippen LogP contribution in [0.15, 0.2) is 42.5 Å². The van der Waals surface area contributed by atoms with Crippen LogP contribution in [0.4, 0.5) is 4.79 Å². The first-order chi connectivity index (χ1) is 11.7. The SMILES string of the molecule is CCOC(=O)Oc1c2cc(CC)ccc2cc2cccc(CC)c12. The minimum atomic E-state index is -0.654. The van der Waals surface area contributed by atoms with E-state index in [0.29, 0.717) is 12.4 Å². The summed E-state index contributed by atoms with van der Waals surface area (Å²) >= 11 is 0. The molecule has 0 aliphatic heterocycles. The van der Waals surface area contributed by atoms with Gasteiger partial charge in [-0.15, -0.1) is 0 Å². The zero-order valence-corrected chi connectivity index (χ0v) is 14.4. The van der Waals surface area contributed by atoms with Gasteiger partial charge in [0.1, 0.15) is 5.75 Å². The Bertz CT molecular complexity index is 896. The third kappa shape index (κ3) is 2.94. The summed E-state index contributed by atoms with van der Waals surface area (Å²) in [7, 11) is 0. The van der Waals surface area contributed by atoms with Crippen LogP contribution in [0.2, 0.25) is 0 Å². The van der Waals surface area contributed by atoms with Crippen LogP contribution in [0.25, 0.3) is 21.5 Å². The van der Waals surface area contributed by atoms with Crippen molar-refractivity contribution >= 4 is 27.7 Å². The second-order valence-electron chi connectivity index (χ2n) is 5.77. The zero-order chi connectivity index (χ0) is 17.1. The predicted molar refractivity (Wildman–Crippen MR) is 97.9 cm³/mol. The van der Waals surface area contributed by atoms with E-state index in [9.17, 15) is 4.79 Å². The van der Waals surface area contributed by atoms with Gasteiger partial charge in [-0.3, -0.25) is 0 Å². The quantitative estimate of drug-likeness (QED) is 0.353.